The molecule has 0 radical (unpaired) electrons. The molecule has 4 rings (SSSR count). The molecule has 2 aromatic rings. The first-order valence-electron chi connectivity index (χ1n) is 10.3. The van der Waals surface area contributed by atoms with E-state index < -0.39 is 0 Å². The van der Waals surface area contributed by atoms with Crippen molar-refractivity contribution in [2.45, 2.75) is 18.9 Å². The first-order valence-corrected chi connectivity index (χ1v) is 11.1. The highest BCUT2D eigenvalue weighted by molar-refractivity contribution is 9.10. The van der Waals surface area contributed by atoms with Crippen LogP contribution in [0.25, 0.3) is 0 Å². The zero-order valence-electron chi connectivity index (χ0n) is 16.9. The fraction of sp³-hybridized carbons (Fsp3) is 0.435. The van der Waals surface area contributed by atoms with Gasteiger partial charge in [-0.25, -0.2) is 0 Å². The molecular weight excluding hydrogens is 430 g/mol. The normalized spacial score (nSPS) is 18.2. The molecule has 6 heteroatoms. The highest BCUT2D eigenvalue weighted by Crippen LogP contribution is 2.31. The van der Waals surface area contributed by atoms with Crippen molar-refractivity contribution >= 4 is 27.5 Å². The van der Waals surface area contributed by atoms with Gasteiger partial charge in [-0.2, -0.15) is 0 Å². The first-order chi connectivity index (χ1) is 14.1. The van der Waals surface area contributed by atoms with Crippen LogP contribution in [0.3, 0.4) is 0 Å². The summed E-state index contributed by atoms with van der Waals surface area (Å²) in [6.07, 6.45) is 2.31. The van der Waals surface area contributed by atoms with Crippen LogP contribution < -0.4 is 10.2 Å². The van der Waals surface area contributed by atoms with Gasteiger partial charge in [0.05, 0.1) is 19.3 Å². The molecule has 1 fully saturated rings. The van der Waals surface area contributed by atoms with Crippen LogP contribution in [0.4, 0.5) is 5.69 Å². The number of carbonyl (C=O) groups excluding carboxylic acids is 1. The molecule has 0 aliphatic carbocycles. The lowest BCUT2D eigenvalue weighted by atomic mass is 9.95. The van der Waals surface area contributed by atoms with Crippen molar-refractivity contribution < 1.29 is 9.53 Å². The van der Waals surface area contributed by atoms with E-state index in [1.807, 2.05) is 24.3 Å². The van der Waals surface area contributed by atoms with Gasteiger partial charge in [0.2, 0.25) is 0 Å². The summed E-state index contributed by atoms with van der Waals surface area (Å²) >= 11 is 3.42. The molecule has 2 aliphatic heterocycles. The minimum atomic E-state index is -0.0338. The minimum Gasteiger partial charge on any atom is -0.379 e. The summed E-state index contributed by atoms with van der Waals surface area (Å²) in [5.74, 6) is -0.0338. The second-order valence-electron chi connectivity index (χ2n) is 7.79. The van der Waals surface area contributed by atoms with Gasteiger partial charge in [-0.05, 0) is 54.3 Å². The first kappa shape index (κ1) is 20.4. The van der Waals surface area contributed by atoms with Crippen molar-refractivity contribution in [3.8, 4) is 0 Å². The number of hydrogen-bond donors (Lipinski definition) is 1. The summed E-state index contributed by atoms with van der Waals surface area (Å²) in [5.41, 5.74) is 4.70. The molecule has 0 aromatic heterocycles. The fourth-order valence-electron chi connectivity index (χ4n) is 4.25. The number of anilines is 1. The van der Waals surface area contributed by atoms with Crippen molar-refractivity contribution in [2.75, 3.05) is 51.3 Å². The number of morpholine rings is 1. The van der Waals surface area contributed by atoms with E-state index in [2.05, 4.69) is 56.3 Å². The average molecular weight is 458 g/mol. The molecule has 1 N–H and O–H groups in total. The molecule has 2 aliphatic rings. The standard InChI is InChI=1S/C23H28BrN3O2/c1-26-10-2-3-18-15-19(6-9-21(18)26)22(27-11-13-29-14-12-27)16-25-23(28)17-4-7-20(24)8-5-17/h4-9,15,22H,2-3,10-14,16H2,1H3,(H,25,28)/t22-/m0/s1. The summed E-state index contributed by atoms with van der Waals surface area (Å²) in [6.45, 7) is 4.95. The number of nitrogens with one attached hydrogen (secondary N) is 1. The molecule has 1 atom stereocenters. The summed E-state index contributed by atoms with van der Waals surface area (Å²) in [7, 11) is 2.16. The number of hydrogen-bond acceptors (Lipinski definition) is 4. The average Bonchev–Trinajstić information content (AvgIpc) is 2.75. The number of nitrogens with zero attached hydrogens (tertiary/aromatic N) is 2. The molecular formula is C23H28BrN3O2. The maximum absolute atomic E-state index is 12.7. The van der Waals surface area contributed by atoms with Gasteiger partial charge >= 0.3 is 0 Å². The van der Waals surface area contributed by atoms with E-state index in [4.69, 9.17) is 4.74 Å². The third kappa shape index (κ3) is 4.82. The van der Waals surface area contributed by atoms with Gasteiger partial charge in [-0.15, -0.1) is 0 Å². The van der Waals surface area contributed by atoms with Crippen LogP contribution >= 0.6 is 15.9 Å². The van der Waals surface area contributed by atoms with Crippen LogP contribution in [0.5, 0.6) is 0 Å². The van der Waals surface area contributed by atoms with Crippen LogP contribution in [0, 0.1) is 0 Å². The Morgan fingerprint density at radius 1 is 1.14 bits per heavy atom. The van der Waals surface area contributed by atoms with Crippen LogP contribution in [-0.2, 0) is 11.2 Å². The van der Waals surface area contributed by atoms with E-state index in [1.165, 1.54) is 23.2 Å². The lowest BCUT2D eigenvalue weighted by Crippen LogP contribution is -2.44. The third-order valence-electron chi connectivity index (χ3n) is 5.89. The Kier molecular flexibility index (Phi) is 6.53. The predicted octanol–water partition coefficient (Wildman–Crippen LogP) is 3.63. The Bertz CT molecular complexity index is 850. The summed E-state index contributed by atoms with van der Waals surface area (Å²) in [5, 5.41) is 3.16. The summed E-state index contributed by atoms with van der Waals surface area (Å²) < 4.78 is 6.53. The van der Waals surface area contributed by atoms with Crippen LogP contribution in [0.15, 0.2) is 46.9 Å². The third-order valence-corrected chi connectivity index (χ3v) is 6.42. The van der Waals surface area contributed by atoms with E-state index in [1.54, 1.807) is 0 Å². The van der Waals surface area contributed by atoms with E-state index in [0.717, 1.165) is 43.7 Å². The van der Waals surface area contributed by atoms with Crippen molar-refractivity contribution in [1.29, 1.82) is 0 Å². The van der Waals surface area contributed by atoms with Crippen molar-refractivity contribution in [3.05, 3.63) is 63.6 Å². The number of rotatable bonds is 5. The van der Waals surface area contributed by atoms with Crippen LogP contribution in [0.2, 0.25) is 0 Å². The molecule has 29 heavy (non-hydrogen) atoms. The number of amides is 1. The maximum atomic E-state index is 12.7. The number of ether oxygens (including phenoxy) is 1. The van der Waals surface area contributed by atoms with Crippen molar-refractivity contribution in [3.63, 3.8) is 0 Å². The SMILES string of the molecule is CN1CCCc2cc([C@H](CNC(=O)c3ccc(Br)cc3)N3CCOCC3)ccc21. The largest absolute Gasteiger partial charge is 0.379 e. The van der Waals surface area contributed by atoms with Gasteiger partial charge < -0.3 is 15.0 Å². The zero-order valence-corrected chi connectivity index (χ0v) is 18.5. The lowest BCUT2D eigenvalue weighted by Gasteiger charge is -2.36. The van der Waals surface area contributed by atoms with Crippen molar-refractivity contribution in [2.24, 2.45) is 0 Å². The van der Waals surface area contributed by atoms with Gasteiger partial charge in [0, 0.05) is 49.0 Å². The quantitative estimate of drug-likeness (QED) is 0.744. The Morgan fingerprint density at radius 3 is 2.66 bits per heavy atom. The molecule has 154 valence electrons. The molecule has 0 spiro atoms. The van der Waals surface area contributed by atoms with Gasteiger partial charge in [0.25, 0.3) is 5.91 Å². The zero-order chi connectivity index (χ0) is 20.2. The number of fused-ring (bicyclic) bond motifs is 1. The number of halogens is 1. The highest BCUT2D eigenvalue weighted by Gasteiger charge is 2.25. The Labute approximate surface area is 181 Å². The minimum absolute atomic E-state index is 0.0338. The molecule has 1 saturated heterocycles. The second-order valence-corrected chi connectivity index (χ2v) is 8.71. The van der Waals surface area contributed by atoms with Gasteiger partial charge in [-0.3, -0.25) is 9.69 Å². The molecule has 0 saturated carbocycles. The Balaban J connectivity index is 1.53. The molecule has 0 unspecified atom stereocenters. The van der Waals surface area contributed by atoms with Gasteiger partial charge in [0.15, 0.2) is 0 Å². The smallest absolute Gasteiger partial charge is 0.251 e. The Hall–Kier alpha value is -1.89. The summed E-state index contributed by atoms with van der Waals surface area (Å²) in [4.78, 5) is 17.4. The van der Waals surface area contributed by atoms with Crippen molar-refractivity contribution in [1.82, 2.24) is 10.2 Å². The number of benzene rings is 2. The van der Waals surface area contributed by atoms with Gasteiger partial charge in [0.1, 0.15) is 0 Å². The lowest BCUT2D eigenvalue weighted by molar-refractivity contribution is 0.0162. The molecule has 0 bridgehead atoms. The summed E-state index contributed by atoms with van der Waals surface area (Å²) in [6, 6.07) is 14.5. The highest BCUT2D eigenvalue weighted by atomic mass is 79.9. The van der Waals surface area contributed by atoms with E-state index >= 15 is 0 Å². The second kappa shape index (κ2) is 9.28. The van der Waals surface area contributed by atoms with Gasteiger partial charge in [-0.1, -0.05) is 28.1 Å². The molecule has 2 heterocycles. The number of aryl methyl sites for hydroxylation is 1. The Morgan fingerprint density at radius 2 is 1.90 bits per heavy atom. The van der Waals surface area contributed by atoms with Crippen LogP contribution in [-0.4, -0.2) is 57.2 Å². The molecule has 1 amide bonds. The van der Waals surface area contributed by atoms with E-state index in [9.17, 15) is 4.79 Å². The topological polar surface area (TPSA) is 44.8 Å². The van der Waals surface area contributed by atoms with Crippen LogP contribution in [0.1, 0.15) is 33.9 Å². The molecule has 5 nitrogen and oxygen atoms in total. The predicted molar refractivity (Wildman–Crippen MR) is 120 cm³/mol. The van der Waals surface area contributed by atoms with E-state index in [-0.39, 0.29) is 11.9 Å². The monoisotopic (exact) mass is 457 g/mol. The number of carbonyl (C=O) groups is 1. The maximum Gasteiger partial charge on any atom is 0.251 e. The fourth-order valence-corrected chi connectivity index (χ4v) is 4.52. The van der Waals surface area contributed by atoms with E-state index in [0.29, 0.717) is 12.1 Å². The molecule has 2 aromatic carbocycles.